The first-order valence-electron chi connectivity index (χ1n) is 8.54. The molecule has 3 rings (SSSR count). The van der Waals surface area contributed by atoms with Gasteiger partial charge in [-0.25, -0.2) is 0 Å². The van der Waals surface area contributed by atoms with E-state index in [1.807, 2.05) is 55.6 Å². The minimum atomic E-state index is -0.251. The third kappa shape index (κ3) is 3.99. The highest BCUT2D eigenvalue weighted by atomic mass is 32.2. The van der Waals surface area contributed by atoms with Gasteiger partial charge in [-0.3, -0.25) is 4.79 Å². The van der Waals surface area contributed by atoms with Gasteiger partial charge in [-0.1, -0.05) is 17.8 Å². The Morgan fingerprint density at radius 3 is 2.62 bits per heavy atom. The van der Waals surface area contributed by atoms with Gasteiger partial charge >= 0.3 is 0 Å². The molecule has 5 nitrogen and oxygen atoms in total. The molecule has 0 aliphatic rings. The summed E-state index contributed by atoms with van der Waals surface area (Å²) in [6.45, 7) is 7.27. The molecule has 0 spiro atoms. The molecule has 0 saturated carbocycles. The van der Waals surface area contributed by atoms with E-state index in [0.717, 1.165) is 28.2 Å². The topological polar surface area (TPSA) is 57.0 Å². The number of benzene rings is 1. The maximum atomic E-state index is 12.7. The Kier molecular flexibility index (Phi) is 6.11. The molecule has 0 radical (unpaired) electrons. The Balaban J connectivity index is 1.75. The number of aromatic nitrogens is 3. The van der Waals surface area contributed by atoms with E-state index in [2.05, 4.69) is 21.7 Å². The molecule has 2 heterocycles. The molecule has 1 aromatic carbocycles. The highest BCUT2D eigenvalue weighted by Gasteiger charge is 2.21. The van der Waals surface area contributed by atoms with Crippen LogP contribution in [-0.2, 0) is 6.54 Å². The van der Waals surface area contributed by atoms with Gasteiger partial charge in [-0.2, -0.15) is 0 Å². The number of ketones is 1. The third-order valence-electron chi connectivity index (χ3n) is 3.88. The normalized spacial score (nSPS) is 12.1. The summed E-state index contributed by atoms with van der Waals surface area (Å²) < 4.78 is 7.48. The van der Waals surface area contributed by atoms with Crippen molar-refractivity contribution in [2.75, 3.05) is 6.61 Å². The number of thiophene rings is 1. The zero-order valence-electron chi connectivity index (χ0n) is 15.0. The van der Waals surface area contributed by atoms with Crippen molar-refractivity contribution in [3.8, 4) is 16.5 Å². The van der Waals surface area contributed by atoms with E-state index in [1.54, 1.807) is 11.3 Å². The number of rotatable bonds is 8. The number of hydrogen-bond acceptors (Lipinski definition) is 6. The Hall–Kier alpha value is -2.12. The number of nitrogens with zero attached hydrogens (tertiary/aromatic N) is 3. The van der Waals surface area contributed by atoms with E-state index >= 15 is 0 Å². The van der Waals surface area contributed by atoms with Crippen molar-refractivity contribution in [2.45, 2.75) is 37.7 Å². The van der Waals surface area contributed by atoms with Gasteiger partial charge in [0.2, 0.25) is 0 Å². The Labute approximate surface area is 161 Å². The van der Waals surface area contributed by atoms with Crippen LogP contribution in [-0.4, -0.2) is 32.4 Å². The molecule has 26 heavy (non-hydrogen) atoms. The molecule has 136 valence electrons. The number of Topliss-reactive ketones (excluding diaryl/α,β-unsaturated/α-hetero) is 1. The first-order chi connectivity index (χ1) is 12.6. The van der Waals surface area contributed by atoms with Gasteiger partial charge in [0.25, 0.3) is 0 Å². The van der Waals surface area contributed by atoms with E-state index < -0.39 is 0 Å². The average molecular weight is 388 g/mol. The van der Waals surface area contributed by atoms with Crippen molar-refractivity contribution in [3.05, 3.63) is 47.3 Å². The van der Waals surface area contributed by atoms with Gasteiger partial charge in [-0.05, 0) is 56.5 Å². The Bertz CT molecular complexity index is 858. The van der Waals surface area contributed by atoms with Crippen molar-refractivity contribution in [1.29, 1.82) is 0 Å². The second-order valence-electron chi connectivity index (χ2n) is 5.61. The maximum absolute atomic E-state index is 12.7. The van der Waals surface area contributed by atoms with Crippen LogP contribution in [0.1, 0.15) is 31.1 Å². The second kappa shape index (κ2) is 8.51. The summed E-state index contributed by atoms with van der Waals surface area (Å²) in [6, 6.07) is 11.3. The lowest BCUT2D eigenvalue weighted by atomic mass is 10.1. The molecular formula is C19H21N3O2S2. The van der Waals surface area contributed by atoms with Crippen molar-refractivity contribution in [3.63, 3.8) is 0 Å². The predicted octanol–water partition coefficient (Wildman–Crippen LogP) is 4.79. The molecule has 0 bridgehead atoms. The zero-order chi connectivity index (χ0) is 18.5. The summed E-state index contributed by atoms with van der Waals surface area (Å²) >= 11 is 3.08. The van der Waals surface area contributed by atoms with Crippen LogP contribution in [0.5, 0.6) is 5.75 Å². The fourth-order valence-corrected chi connectivity index (χ4v) is 4.28. The number of ether oxygens (including phenoxy) is 1. The summed E-state index contributed by atoms with van der Waals surface area (Å²) in [4.78, 5) is 13.8. The summed E-state index contributed by atoms with van der Waals surface area (Å²) in [6.07, 6.45) is 0. The largest absolute Gasteiger partial charge is 0.494 e. The molecule has 0 N–H and O–H groups in total. The fraction of sp³-hybridized carbons (Fsp3) is 0.316. The summed E-state index contributed by atoms with van der Waals surface area (Å²) in [7, 11) is 0. The third-order valence-corrected chi connectivity index (χ3v) is 5.82. The van der Waals surface area contributed by atoms with Gasteiger partial charge in [0.05, 0.1) is 16.7 Å². The molecular weight excluding hydrogens is 366 g/mol. The SMILES string of the molecule is CCOc1ccc(C(=O)[C@H](C)Sc2nnc(-c3cccs3)n2CC)cc1. The van der Waals surface area contributed by atoms with Crippen molar-refractivity contribution in [2.24, 2.45) is 0 Å². The molecule has 0 saturated heterocycles. The summed E-state index contributed by atoms with van der Waals surface area (Å²) in [5.41, 5.74) is 0.675. The molecule has 0 unspecified atom stereocenters. The molecule has 3 aromatic rings. The Morgan fingerprint density at radius 1 is 1.23 bits per heavy atom. The number of carbonyl (C=O) groups excluding carboxylic acids is 1. The van der Waals surface area contributed by atoms with Crippen LogP contribution in [0.4, 0.5) is 0 Å². The molecule has 1 atom stereocenters. The molecule has 7 heteroatoms. The van der Waals surface area contributed by atoms with E-state index in [-0.39, 0.29) is 11.0 Å². The van der Waals surface area contributed by atoms with Gasteiger partial charge in [-0.15, -0.1) is 21.5 Å². The first kappa shape index (κ1) is 18.7. The fourth-order valence-electron chi connectivity index (χ4n) is 2.58. The zero-order valence-corrected chi connectivity index (χ0v) is 16.6. The lowest BCUT2D eigenvalue weighted by Crippen LogP contribution is -2.14. The lowest BCUT2D eigenvalue weighted by Gasteiger charge is -2.12. The monoisotopic (exact) mass is 387 g/mol. The van der Waals surface area contributed by atoms with E-state index in [4.69, 9.17) is 4.74 Å². The van der Waals surface area contributed by atoms with Crippen LogP contribution in [0, 0.1) is 0 Å². The summed E-state index contributed by atoms with van der Waals surface area (Å²) in [5.74, 6) is 1.70. The van der Waals surface area contributed by atoms with Crippen molar-refractivity contribution < 1.29 is 9.53 Å². The summed E-state index contributed by atoms with van der Waals surface area (Å²) in [5, 5.41) is 11.2. The lowest BCUT2D eigenvalue weighted by molar-refractivity contribution is 0.0994. The molecule has 0 fully saturated rings. The number of hydrogen-bond donors (Lipinski definition) is 0. The quantitative estimate of drug-likeness (QED) is 0.411. The standard InChI is InChI=1S/C19H21N3O2S2/c1-4-22-18(16-7-6-12-25-16)20-21-19(22)26-13(3)17(23)14-8-10-15(11-9-14)24-5-2/h6-13H,4-5H2,1-3H3/t13-/m0/s1. The van der Waals surface area contributed by atoms with E-state index in [0.29, 0.717) is 12.2 Å². The van der Waals surface area contributed by atoms with Crippen LogP contribution in [0.25, 0.3) is 10.7 Å². The van der Waals surface area contributed by atoms with E-state index in [1.165, 1.54) is 11.8 Å². The van der Waals surface area contributed by atoms with Crippen LogP contribution < -0.4 is 4.74 Å². The predicted molar refractivity (Wildman–Crippen MR) is 106 cm³/mol. The molecule has 0 amide bonds. The van der Waals surface area contributed by atoms with Gasteiger partial charge in [0, 0.05) is 12.1 Å². The van der Waals surface area contributed by atoms with Gasteiger partial charge in [0.15, 0.2) is 16.8 Å². The average Bonchev–Trinajstić information content (AvgIpc) is 3.31. The minimum absolute atomic E-state index is 0.0707. The maximum Gasteiger partial charge on any atom is 0.192 e. The van der Waals surface area contributed by atoms with Crippen molar-refractivity contribution in [1.82, 2.24) is 14.8 Å². The van der Waals surface area contributed by atoms with Gasteiger partial charge in [0.1, 0.15) is 5.75 Å². The molecule has 2 aromatic heterocycles. The van der Waals surface area contributed by atoms with Crippen LogP contribution in [0.15, 0.2) is 46.9 Å². The smallest absolute Gasteiger partial charge is 0.192 e. The minimum Gasteiger partial charge on any atom is -0.494 e. The Morgan fingerprint density at radius 2 is 2.00 bits per heavy atom. The van der Waals surface area contributed by atoms with Crippen LogP contribution >= 0.6 is 23.1 Å². The number of carbonyl (C=O) groups is 1. The van der Waals surface area contributed by atoms with Crippen LogP contribution in [0.2, 0.25) is 0 Å². The highest BCUT2D eigenvalue weighted by molar-refractivity contribution is 8.00. The van der Waals surface area contributed by atoms with Crippen molar-refractivity contribution >= 4 is 28.9 Å². The van der Waals surface area contributed by atoms with Crippen LogP contribution in [0.3, 0.4) is 0 Å². The number of thioether (sulfide) groups is 1. The second-order valence-corrected chi connectivity index (χ2v) is 7.87. The first-order valence-corrected chi connectivity index (χ1v) is 10.3. The van der Waals surface area contributed by atoms with Gasteiger partial charge < -0.3 is 9.30 Å². The van der Waals surface area contributed by atoms with E-state index in [9.17, 15) is 4.79 Å². The highest BCUT2D eigenvalue weighted by Crippen LogP contribution is 2.30. The molecule has 0 aliphatic carbocycles. The molecule has 0 aliphatic heterocycles.